The molecule has 1 atom stereocenters. The topological polar surface area (TPSA) is 51.1 Å². The summed E-state index contributed by atoms with van der Waals surface area (Å²) in [5, 5.41) is 3.48. The van der Waals surface area contributed by atoms with Crippen molar-refractivity contribution in [2.75, 3.05) is 11.6 Å². The van der Waals surface area contributed by atoms with Crippen molar-refractivity contribution in [2.24, 2.45) is 0 Å². The first-order valence-corrected chi connectivity index (χ1v) is 10.3. The van der Waals surface area contributed by atoms with E-state index in [1.807, 2.05) is 41.2 Å². The predicted octanol–water partition coefficient (Wildman–Crippen LogP) is 4.86. The zero-order valence-corrected chi connectivity index (χ0v) is 16.8. The molecule has 1 aromatic heterocycles. The molecule has 0 saturated carbocycles. The van der Waals surface area contributed by atoms with Crippen molar-refractivity contribution in [3.63, 3.8) is 0 Å². The van der Waals surface area contributed by atoms with Crippen LogP contribution in [-0.2, 0) is 6.42 Å². The second kappa shape index (κ2) is 6.59. The Morgan fingerprint density at radius 2 is 2.08 bits per heavy atom. The Balaban J connectivity index is 1.84. The number of rotatable bonds is 3. The molecule has 1 amide bonds. The summed E-state index contributed by atoms with van der Waals surface area (Å²) < 4.78 is 2.91. The molecule has 26 heavy (non-hydrogen) atoms. The van der Waals surface area contributed by atoms with Gasteiger partial charge in [0.2, 0.25) is 5.43 Å². The van der Waals surface area contributed by atoms with E-state index in [-0.39, 0.29) is 22.9 Å². The van der Waals surface area contributed by atoms with Crippen LogP contribution in [0, 0.1) is 0 Å². The molecule has 0 radical (unpaired) electrons. The zero-order chi connectivity index (χ0) is 18.4. The number of halogens is 1. The summed E-state index contributed by atoms with van der Waals surface area (Å²) >= 11 is 5.04. The third-order valence-electron chi connectivity index (χ3n) is 4.76. The minimum Gasteiger partial charge on any atom is -0.343 e. The van der Waals surface area contributed by atoms with Crippen LogP contribution >= 0.6 is 27.7 Å². The third kappa shape index (κ3) is 2.77. The number of nitrogens with zero attached hydrogens (tertiary/aromatic N) is 1. The van der Waals surface area contributed by atoms with Gasteiger partial charge in [-0.3, -0.25) is 9.59 Å². The Hall–Kier alpha value is -2.05. The van der Waals surface area contributed by atoms with Crippen molar-refractivity contribution in [3.8, 4) is 0 Å². The Morgan fingerprint density at radius 3 is 2.85 bits per heavy atom. The zero-order valence-electron chi connectivity index (χ0n) is 14.4. The number of thioether (sulfide) groups is 1. The highest BCUT2D eigenvalue weighted by molar-refractivity contribution is 9.10. The number of carbonyl (C=O) groups is 1. The minimum absolute atomic E-state index is 0.172. The average Bonchev–Trinajstić information content (AvgIpc) is 2.93. The van der Waals surface area contributed by atoms with E-state index in [2.05, 4.69) is 34.2 Å². The lowest BCUT2D eigenvalue weighted by atomic mass is 10.1. The third-order valence-corrected chi connectivity index (χ3v) is 6.01. The molecule has 4 rings (SSSR count). The minimum atomic E-state index is -0.372. The summed E-state index contributed by atoms with van der Waals surface area (Å²) in [5.74, 6) is -0.372. The molecule has 0 saturated heterocycles. The quantitative estimate of drug-likeness (QED) is 0.606. The van der Waals surface area contributed by atoms with Gasteiger partial charge in [-0.1, -0.05) is 28.1 Å². The molecule has 2 aromatic carbocycles. The Bertz CT molecular complexity index is 1110. The lowest BCUT2D eigenvalue weighted by Gasteiger charge is -2.13. The van der Waals surface area contributed by atoms with Crippen molar-refractivity contribution < 1.29 is 4.79 Å². The van der Waals surface area contributed by atoms with Crippen molar-refractivity contribution in [1.82, 2.24) is 4.57 Å². The summed E-state index contributed by atoms with van der Waals surface area (Å²) in [6, 6.07) is 11.7. The number of anilines is 1. The fourth-order valence-electron chi connectivity index (χ4n) is 3.56. The molecular weight excluding hydrogens is 412 g/mol. The fourth-order valence-corrected chi connectivity index (χ4v) is 4.62. The molecule has 0 bridgehead atoms. The normalized spacial score (nSPS) is 15.4. The predicted molar refractivity (Wildman–Crippen MR) is 110 cm³/mol. The molecule has 0 spiro atoms. The summed E-state index contributed by atoms with van der Waals surface area (Å²) in [5.41, 5.74) is 2.73. The molecule has 6 heteroatoms. The number of benzene rings is 2. The summed E-state index contributed by atoms with van der Waals surface area (Å²) in [6.07, 6.45) is 4.52. The maximum Gasteiger partial charge on any atom is 0.261 e. The van der Waals surface area contributed by atoms with Crippen LogP contribution in [0.25, 0.3) is 10.9 Å². The van der Waals surface area contributed by atoms with E-state index >= 15 is 0 Å². The highest BCUT2D eigenvalue weighted by Crippen LogP contribution is 2.33. The van der Waals surface area contributed by atoms with Crippen molar-refractivity contribution in [3.05, 3.63) is 68.4 Å². The molecular formula is C20H17BrN2O2S. The standard InChI is InChI=1S/C20H17BrN2O2S/c1-11-7-12-8-13(21)9-14-18(12)23(11)10-15(19(14)24)20(25)22-16-5-3-4-6-17(16)26-2/h3-6,8-11H,7H2,1-2H3,(H,22,25)/t11-/m1/s1. The first-order chi connectivity index (χ1) is 12.5. The molecule has 1 aliphatic heterocycles. The van der Waals surface area contributed by atoms with Crippen LogP contribution in [-0.4, -0.2) is 16.7 Å². The highest BCUT2D eigenvalue weighted by atomic mass is 79.9. The lowest BCUT2D eigenvalue weighted by molar-refractivity contribution is 0.102. The first-order valence-electron chi connectivity index (χ1n) is 8.31. The van der Waals surface area contributed by atoms with Gasteiger partial charge >= 0.3 is 0 Å². The maximum atomic E-state index is 13.0. The fraction of sp³-hybridized carbons (Fsp3) is 0.200. The second-order valence-corrected chi connectivity index (χ2v) is 8.21. The Kier molecular flexibility index (Phi) is 4.40. The van der Waals surface area contributed by atoms with Gasteiger partial charge in [0.1, 0.15) is 5.56 Å². The van der Waals surface area contributed by atoms with Crippen LogP contribution in [0.1, 0.15) is 28.9 Å². The monoisotopic (exact) mass is 428 g/mol. The Labute approximate surface area is 163 Å². The molecule has 0 aliphatic carbocycles. The number of carbonyl (C=O) groups excluding carboxylic acids is 1. The van der Waals surface area contributed by atoms with E-state index in [4.69, 9.17) is 0 Å². The number of nitrogens with one attached hydrogen (secondary N) is 1. The van der Waals surface area contributed by atoms with Crippen molar-refractivity contribution in [1.29, 1.82) is 0 Å². The number of hydrogen-bond donors (Lipinski definition) is 1. The lowest BCUT2D eigenvalue weighted by Crippen LogP contribution is -2.24. The largest absolute Gasteiger partial charge is 0.343 e. The molecule has 1 N–H and O–H groups in total. The number of pyridine rings is 1. The number of para-hydroxylation sites is 1. The van der Waals surface area contributed by atoms with Crippen LogP contribution in [0.5, 0.6) is 0 Å². The number of aromatic nitrogens is 1. The number of hydrogen-bond acceptors (Lipinski definition) is 3. The van der Waals surface area contributed by atoms with Crippen LogP contribution in [0.2, 0.25) is 0 Å². The van der Waals surface area contributed by atoms with Gasteiger partial charge in [-0.25, -0.2) is 0 Å². The Morgan fingerprint density at radius 1 is 1.31 bits per heavy atom. The van der Waals surface area contributed by atoms with Gasteiger partial charge in [-0.05, 0) is 49.4 Å². The smallest absolute Gasteiger partial charge is 0.261 e. The molecule has 0 fully saturated rings. The van der Waals surface area contributed by atoms with E-state index in [0.29, 0.717) is 11.1 Å². The maximum absolute atomic E-state index is 13.0. The van der Waals surface area contributed by atoms with Gasteiger partial charge in [-0.15, -0.1) is 11.8 Å². The van der Waals surface area contributed by atoms with Crippen LogP contribution < -0.4 is 10.7 Å². The highest BCUT2D eigenvalue weighted by Gasteiger charge is 2.25. The van der Waals surface area contributed by atoms with E-state index in [1.54, 1.807) is 18.0 Å². The second-order valence-electron chi connectivity index (χ2n) is 6.45. The van der Waals surface area contributed by atoms with Gasteiger partial charge in [0, 0.05) is 27.0 Å². The molecule has 0 unspecified atom stereocenters. The first kappa shape index (κ1) is 17.4. The van der Waals surface area contributed by atoms with E-state index in [9.17, 15) is 9.59 Å². The summed E-state index contributed by atoms with van der Waals surface area (Å²) in [6.45, 7) is 2.10. The number of amides is 1. The van der Waals surface area contributed by atoms with Crippen LogP contribution in [0.15, 0.2) is 56.8 Å². The van der Waals surface area contributed by atoms with Gasteiger partial charge in [0.15, 0.2) is 0 Å². The van der Waals surface area contributed by atoms with Gasteiger partial charge in [0.25, 0.3) is 5.91 Å². The summed E-state index contributed by atoms with van der Waals surface area (Å²) in [7, 11) is 0. The SMILES string of the molecule is CSc1ccccc1NC(=O)c1cn2c3c(cc(Br)cc3c1=O)C[C@H]2C. The van der Waals surface area contributed by atoms with Crippen molar-refractivity contribution in [2.45, 2.75) is 24.3 Å². The summed E-state index contributed by atoms with van der Waals surface area (Å²) in [4.78, 5) is 26.8. The average molecular weight is 429 g/mol. The molecule has 2 heterocycles. The van der Waals surface area contributed by atoms with Crippen molar-refractivity contribution >= 4 is 50.2 Å². The van der Waals surface area contributed by atoms with E-state index < -0.39 is 0 Å². The van der Waals surface area contributed by atoms with Gasteiger partial charge < -0.3 is 9.88 Å². The van der Waals surface area contributed by atoms with E-state index in [0.717, 1.165) is 26.9 Å². The molecule has 4 nitrogen and oxygen atoms in total. The molecule has 3 aromatic rings. The van der Waals surface area contributed by atoms with E-state index in [1.165, 1.54) is 0 Å². The molecule has 132 valence electrons. The van der Waals surface area contributed by atoms with Crippen LogP contribution in [0.3, 0.4) is 0 Å². The molecule has 1 aliphatic rings. The van der Waals surface area contributed by atoms with Crippen LogP contribution in [0.4, 0.5) is 5.69 Å². The van der Waals surface area contributed by atoms with Gasteiger partial charge in [-0.2, -0.15) is 0 Å². The van der Waals surface area contributed by atoms with Gasteiger partial charge in [0.05, 0.1) is 11.2 Å².